The zero-order chi connectivity index (χ0) is 16.9. The van der Waals surface area contributed by atoms with Crippen LogP contribution in [-0.4, -0.2) is 60.4 Å². The van der Waals surface area contributed by atoms with Crippen molar-refractivity contribution in [3.05, 3.63) is 0 Å². The molecule has 0 unspecified atom stereocenters. The minimum Gasteiger partial charge on any atom is -0.352 e. The van der Waals surface area contributed by atoms with Gasteiger partial charge in [-0.3, -0.25) is 9.59 Å². The third-order valence-corrected chi connectivity index (χ3v) is 5.40. The fourth-order valence-electron chi connectivity index (χ4n) is 3.55. The summed E-state index contributed by atoms with van der Waals surface area (Å²) < 4.78 is 0. The molecule has 1 saturated carbocycles. The van der Waals surface area contributed by atoms with Crippen molar-refractivity contribution in [3.8, 4) is 0 Å². The molecule has 1 heterocycles. The molecule has 0 radical (unpaired) electrons. The van der Waals surface area contributed by atoms with Gasteiger partial charge in [0, 0.05) is 32.2 Å². The smallest absolute Gasteiger partial charge is 0.237 e. The van der Waals surface area contributed by atoms with E-state index in [1.807, 2.05) is 4.90 Å². The Hall–Kier alpha value is -1.10. The molecule has 0 aromatic heterocycles. The Morgan fingerprint density at radius 1 is 1.00 bits per heavy atom. The largest absolute Gasteiger partial charge is 0.352 e. The molecule has 2 amide bonds. The van der Waals surface area contributed by atoms with Gasteiger partial charge in [0.05, 0.1) is 0 Å². The highest BCUT2D eigenvalue weighted by atomic mass is 16.2. The SMILES string of the molecule is CCN1CCN(C(=O)C(C)(C)C(=O)NC2CCCCCC2)CC1. The monoisotopic (exact) mass is 323 g/mol. The number of piperazine rings is 1. The van der Waals surface area contributed by atoms with E-state index in [2.05, 4.69) is 17.1 Å². The minimum atomic E-state index is -0.972. The number of nitrogens with one attached hydrogen (secondary N) is 1. The molecule has 0 bridgehead atoms. The predicted octanol–water partition coefficient (Wildman–Crippen LogP) is 2.02. The van der Waals surface area contributed by atoms with Crippen molar-refractivity contribution in [2.45, 2.75) is 65.3 Å². The minimum absolute atomic E-state index is 0.0284. The molecule has 1 aliphatic carbocycles. The van der Waals surface area contributed by atoms with Crippen LogP contribution in [0.15, 0.2) is 0 Å². The number of carbonyl (C=O) groups excluding carboxylic acids is 2. The average Bonchev–Trinajstić information content (AvgIpc) is 2.82. The lowest BCUT2D eigenvalue weighted by Gasteiger charge is -2.38. The van der Waals surface area contributed by atoms with Gasteiger partial charge in [0.2, 0.25) is 11.8 Å². The lowest BCUT2D eigenvalue weighted by molar-refractivity contribution is -0.150. The summed E-state index contributed by atoms with van der Waals surface area (Å²) in [7, 11) is 0. The van der Waals surface area contributed by atoms with Gasteiger partial charge in [-0.25, -0.2) is 0 Å². The Bertz CT molecular complexity index is 406. The summed E-state index contributed by atoms with van der Waals surface area (Å²) in [6, 6.07) is 0.244. The van der Waals surface area contributed by atoms with E-state index in [-0.39, 0.29) is 17.9 Å². The fourth-order valence-corrected chi connectivity index (χ4v) is 3.55. The highest BCUT2D eigenvalue weighted by Crippen LogP contribution is 2.23. The van der Waals surface area contributed by atoms with Crippen LogP contribution in [0.5, 0.6) is 0 Å². The molecule has 1 aliphatic heterocycles. The highest BCUT2D eigenvalue weighted by Gasteiger charge is 2.40. The second kappa shape index (κ2) is 8.13. The van der Waals surface area contributed by atoms with Crippen molar-refractivity contribution in [2.75, 3.05) is 32.7 Å². The van der Waals surface area contributed by atoms with Crippen LogP contribution in [0, 0.1) is 5.41 Å². The van der Waals surface area contributed by atoms with Crippen LogP contribution in [0.4, 0.5) is 0 Å². The van der Waals surface area contributed by atoms with Gasteiger partial charge in [0.25, 0.3) is 0 Å². The molecule has 0 spiro atoms. The summed E-state index contributed by atoms with van der Waals surface area (Å²) in [5.41, 5.74) is -0.972. The van der Waals surface area contributed by atoms with Crippen molar-refractivity contribution in [2.24, 2.45) is 5.41 Å². The average molecular weight is 323 g/mol. The molecule has 2 fully saturated rings. The summed E-state index contributed by atoms with van der Waals surface area (Å²) in [6.45, 7) is 9.97. The molecule has 1 N–H and O–H groups in total. The van der Waals surface area contributed by atoms with Crippen LogP contribution in [0.25, 0.3) is 0 Å². The van der Waals surface area contributed by atoms with Crippen molar-refractivity contribution >= 4 is 11.8 Å². The van der Waals surface area contributed by atoms with E-state index in [4.69, 9.17) is 0 Å². The maximum atomic E-state index is 12.8. The molecule has 0 aromatic rings. The van der Waals surface area contributed by atoms with Gasteiger partial charge in [-0.05, 0) is 33.2 Å². The molecule has 2 aliphatic rings. The van der Waals surface area contributed by atoms with Crippen LogP contribution < -0.4 is 5.32 Å². The molecule has 5 heteroatoms. The zero-order valence-corrected chi connectivity index (χ0v) is 15.1. The normalized spacial score (nSPS) is 21.8. The predicted molar refractivity (Wildman–Crippen MR) is 92.1 cm³/mol. The molecule has 132 valence electrons. The molecule has 0 aromatic carbocycles. The van der Waals surface area contributed by atoms with Crippen molar-refractivity contribution in [3.63, 3.8) is 0 Å². The Balaban J connectivity index is 1.90. The number of carbonyl (C=O) groups is 2. The summed E-state index contributed by atoms with van der Waals surface area (Å²) in [5.74, 6) is -0.133. The topological polar surface area (TPSA) is 52.7 Å². The van der Waals surface area contributed by atoms with E-state index in [9.17, 15) is 9.59 Å². The van der Waals surface area contributed by atoms with Crippen LogP contribution in [-0.2, 0) is 9.59 Å². The van der Waals surface area contributed by atoms with Gasteiger partial charge >= 0.3 is 0 Å². The van der Waals surface area contributed by atoms with Gasteiger partial charge in [0.1, 0.15) is 5.41 Å². The molecule has 0 atom stereocenters. The lowest BCUT2D eigenvalue weighted by atomic mass is 9.89. The second-order valence-corrected chi connectivity index (χ2v) is 7.51. The molecule has 2 rings (SSSR count). The number of hydrogen-bond acceptors (Lipinski definition) is 3. The first kappa shape index (κ1) is 18.2. The van der Waals surface area contributed by atoms with Crippen molar-refractivity contribution in [1.82, 2.24) is 15.1 Å². The van der Waals surface area contributed by atoms with Gasteiger partial charge in [-0.1, -0.05) is 32.6 Å². The molecule has 1 saturated heterocycles. The first-order chi connectivity index (χ1) is 10.9. The van der Waals surface area contributed by atoms with E-state index in [1.165, 1.54) is 25.7 Å². The van der Waals surface area contributed by atoms with E-state index in [0.29, 0.717) is 0 Å². The van der Waals surface area contributed by atoms with E-state index >= 15 is 0 Å². The molecular formula is C18H33N3O2. The Morgan fingerprint density at radius 2 is 1.57 bits per heavy atom. The van der Waals surface area contributed by atoms with Crippen molar-refractivity contribution in [1.29, 1.82) is 0 Å². The first-order valence-corrected chi connectivity index (χ1v) is 9.28. The zero-order valence-electron chi connectivity index (χ0n) is 15.1. The Labute approximate surface area is 140 Å². The van der Waals surface area contributed by atoms with Crippen LogP contribution >= 0.6 is 0 Å². The number of nitrogens with zero attached hydrogens (tertiary/aromatic N) is 2. The quantitative estimate of drug-likeness (QED) is 0.636. The second-order valence-electron chi connectivity index (χ2n) is 7.51. The van der Waals surface area contributed by atoms with Crippen LogP contribution in [0.1, 0.15) is 59.3 Å². The van der Waals surface area contributed by atoms with E-state index in [0.717, 1.165) is 45.6 Å². The third kappa shape index (κ3) is 4.69. The van der Waals surface area contributed by atoms with E-state index < -0.39 is 5.41 Å². The standard InChI is InChI=1S/C18H33N3O2/c1-4-20-11-13-21(14-12-20)17(23)18(2,3)16(22)19-15-9-7-5-6-8-10-15/h15H,4-14H2,1-3H3,(H,19,22). The summed E-state index contributed by atoms with van der Waals surface area (Å²) >= 11 is 0. The van der Waals surface area contributed by atoms with E-state index in [1.54, 1.807) is 13.8 Å². The third-order valence-electron chi connectivity index (χ3n) is 5.40. The van der Waals surface area contributed by atoms with Crippen molar-refractivity contribution < 1.29 is 9.59 Å². The van der Waals surface area contributed by atoms with Gasteiger partial charge in [0.15, 0.2) is 0 Å². The Morgan fingerprint density at radius 3 is 2.09 bits per heavy atom. The summed E-state index contributed by atoms with van der Waals surface area (Å²) in [4.78, 5) is 29.7. The van der Waals surface area contributed by atoms with Crippen LogP contribution in [0.3, 0.4) is 0 Å². The maximum Gasteiger partial charge on any atom is 0.237 e. The highest BCUT2D eigenvalue weighted by molar-refractivity contribution is 6.04. The first-order valence-electron chi connectivity index (χ1n) is 9.28. The maximum absolute atomic E-state index is 12.8. The summed E-state index contributed by atoms with van der Waals surface area (Å²) in [6.07, 6.45) is 6.97. The summed E-state index contributed by atoms with van der Waals surface area (Å²) in [5, 5.41) is 3.14. The van der Waals surface area contributed by atoms with Gasteiger partial charge in [-0.2, -0.15) is 0 Å². The molecule has 5 nitrogen and oxygen atoms in total. The number of rotatable bonds is 4. The number of hydrogen-bond donors (Lipinski definition) is 1. The van der Waals surface area contributed by atoms with Crippen LogP contribution in [0.2, 0.25) is 0 Å². The number of likely N-dealkylation sites (N-methyl/N-ethyl adjacent to an activating group) is 1. The fraction of sp³-hybridized carbons (Fsp3) is 0.889. The van der Waals surface area contributed by atoms with Gasteiger partial charge < -0.3 is 15.1 Å². The molecular weight excluding hydrogens is 290 g/mol. The number of amides is 2. The lowest BCUT2D eigenvalue weighted by Crippen LogP contribution is -2.56. The Kier molecular flexibility index (Phi) is 6.45. The molecule has 23 heavy (non-hydrogen) atoms. The van der Waals surface area contributed by atoms with Gasteiger partial charge in [-0.15, -0.1) is 0 Å².